The standard InChI is InChI=1S/C14H22N2O3/c1-2-7-16-9-12(17)10-19-13-5-3-11(4-6-13)8-14(15)18/h3-6,12,16-17H,2,7-10H2,1H3,(H2,15,18). The Morgan fingerprint density at radius 1 is 1.42 bits per heavy atom. The summed E-state index contributed by atoms with van der Waals surface area (Å²) in [5.41, 5.74) is 5.96. The van der Waals surface area contributed by atoms with Crippen LogP contribution in [0, 0.1) is 0 Å². The van der Waals surface area contributed by atoms with Gasteiger partial charge in [0.15, 0.2) is 0 Å². The molecule has 0 aromatic heterocycles. The van der Waals surface area contributed by atoms with E-state index in [2.05, 4.69) is 12.2 Å². The monoisotopic (exact) mass is 266 g/mol. The van der Waals surface area contributed by atoms with E-state index in [9.17, 15) is 9.90 Å². The van der Waals surface area contributed by atoms with E-state index in [1.807, 2.05) is 0 Å². The van der Waals surface area contributed by atoms with E-state index >= 15 is 0 Å². The molecule has 0 fully saturated rings. The first-order valence-electron chi connectivity index (χ1n) is 6.50. The van der Waals surface area contributed by atoms with Crippen molar-refractivity contribution in [1.29, 1.82) is 0 Å². The average Bonchev–Trinajstić information content (AvgIpc) is 2.37. The van der Waals surface area contributed by atoms with E-state index < -0.39 is 6.10 Å². The SMILES string of the molecule is CCCNCC(O)COc1ccc(CC(N)=O)cc1. The number of hydrogen-bond donors (Lipinski definition) is 3. The number of carbonyl (C=O) groups excluding carboxylic acids is 1. The molecule has 0 aliphatic carbocycles. The number of carbonyl (C=O) groups is 1. The Morgan fingerprint density at radius 2 is 2.11 bits per heavy atom. The van der Waals surface area contributed by atoms with E-state index in [-0.39, 0.29) is 18.9 Å². The quantitative estimate of drug-likeness (QED) is 0.567. The highest BCUT2D eigenvalue weighted by molar-refractivity contribution is 5.76. The highest BCUT2D eigenvalue weighted by Crippen LogP contribution is 2.12. The number of aliphatic hydroxyl groups excluding tert-OH is 1. The van der Waals surface area contributed by atoms with Gasteiger partial charge < -0.3 is 20.9 Å². The third-order valence-electron chi connectivity index (χ3n) is 2.55. The van der Waals surface area contributed by atoms with Crippen molar-refractivity contribution < 1.29 is 14.6 Å². The molecule has 0 saturated heterocycles. The summed E-state index contributed by atoms with van der Waals surface area (Å²) in [5.74, 6) is 0.314. The second kappa shape index (κ2) is 8.50. The van der Waals surface area contributed by atoms with Crippen molar-refractivity contribution in [2.75, 3.05) is 19.7 Å². The minimum Gasteiger partial charge on any atom is -0.491 e. The Morgan fingerprint density at radius 3 is 2.68 bits per heavy atom. The minimum absolute atomic E-state index is 0.226. The first-order valence-corrected chi connectivity index (χ1v) is 6.50. The molecule has 0 heterocycles. The van der Waals surface area contributed by atoms with Gasteiger partial charge in [-0.1, -0.05) is 19.1 Å². The van der Waals surface area contributed by atoms with Crippen LogP contribution in [-0.4, -0.2) is 36.8 Å². The molecule has 0 saturated carbocycles. The number of benzene rings is 1. The van der Waals surface area contributed by atoms with Crippen molar-refractivity contribution in [2.24, 2.45) is 5.73 Å². The van der Waals surface area contributed by atoms with Gasteiger partial charge in [-0.3, -0.25) is 4.79 Å². The van der Waals surface area contributed by atoms with Crippen LogP contribution in [0.4, 0.5) is 0 Å². The summed E-state index contributed by atoms with van der Waals surface area (Å²) in [6.07, 6.45) is 0.732. The summed E-state index contributed by atoms with van der Waals surface area (Å²) in [4.78, 5) is 10.7. The number of primary amides is 1. The normalized spacial score (nSPS) is 12.1. The van der Waals surface area contributed by atoms with Crippen molar-refractivity contribution in [3.8, 4) is 5.75 Å². The molecule has 1 amide bonds. The largest absolute Gasteiger partial charge is 0.491 e. The summed E-state index contributed by atoms with van der Waals surface area (Å²) < 4.78 is 5.45. The molecule has 5 heteroatoms. The van der Waals surface area contributed by atoms with Gasteiger partial charge in [-0.2, -0.15) is 0 Å². The molecular formula is C14H22N2O3. The summed E-state index contributed by atoms with van der Waals surface area (Å²) in [7, 11) is 0. The lowest BCUT2D eigenvalue weighted by atomic mass is 10.1. The van der Waals surface area contributed by atoms with Crippen LogP contribution >= 0.6 is 0 Å². The van der Waals surface area contributed by atoms with Crippen LogP contribution in [0.25, 0.3) is 0 Å². The van der Waals surface area contributed by atoms with Crippen molar-refractivity contribution >= 4 is 5.91 Å². The van der Waals surface area contributed by atoms with Crippen molar-refractivity contribution in [3.63, 3.8) is 0 Å². The third-order valence-corrected chi connectivity index (χ3v) is 2.55. The average molecular weight is 266 g/mol. The van der Waals surface area contributed by atoms with Gasteiger partial charge in [0.25, 0.3) is 0 Å². The topological polar surface area (TPSA) is 84.6 Å². The van der Waals surface area contributed by atoms with Crippen molar-refractivity contribution in [3.05, 3.63) is 29.8 Å². The van der Waals surface area contributed by atoms with Crippen molar-refractivity contribution in [1.82, 2.24) is 5.32 Å². The molecule has 1 aromatic carbocycles. The van der Waals surface area contributed by atoms with Crippen LogP contribution in [0.5, 0.6) is 5.75 Å². The molecule has 0 aliphatic heterocycles. The molecule has 0 radical (unpaired) electrons. The van der Waals surface area contributed by atoms with E-state index in [0.717, 1.165) is 18.5 Å². The number of ether oxygens (including phenoxy) is 1. The molecule has 19 heavy (non-hydrogen) atoms. The molecule has 1 atom stereocenters. The zero-order valence-electron chi connectivity index (χ0n) is 11.3. The Kier molecular flexibility index (Phi) is 6.92. The van der Waals surface area contributed by atoms with Crippen LogP contribution in [0.2, 0.25) is 0 Å². The predicted octanol–water partition coefficient (Wildman–Crippen LogP) is 0.454. The van der Waals surface area contributed by atoms with Gasteiger partial charge >= 0.3 is 0 Å². The predicted molar refractivity (Wildman–Crippen MR) is 74.0 cm³/mol. The van der Waals surface area contributed by atoms with Gasteiger partial charge in [0.05, 0.1) is 6.42 Å². The molecular weight excluding hydrogens is 244 g/mol. The zero-order valence-corrected chi connectivity index (χ0v) is 11.3. The molecule has 4 N–H and O–H groups in total. The van der Waals surface area contributed by atoms with Crippen LogP contribution in [0.3, 0.4) is 0 Å². The van der Waals surface area contributed by atoms with Crippen LogP contribution in [0.15, 0.2) is 24.3 Å². The highest BCUT2D eigenvalue weighted by atomic mass is 16.5. The fourth-order valence-electron chi connectivity index (χ4n) is 1.60. The molecule has 5 nitrogen and oxygen atoms in total. The lowest BCUT2D eigenvalue weighted by molar-refractivity contribution is -0.117. The third kappa shape index (κ3) is 6.79. The molecule has 0 bridgehead atoms. The second-order valence-electron chi connectivity index (χ2n) is 4.46. The number of nitrogens with one attached hydrogen (secondary N) is 1. The number of aliphatic hydroxyl groups is 1. The molecule has 1 rings (SSSR count). The molecule has 0 aliphatic rings. The number of amides is 1. The summed E-state index contributed by atoms with van der Waals surface area (Å²) >= 11 is 0. The van der Waals surface area contributed by atoms with Crippen LogP contribution in [-0.2, 0) is 11.2 Å². The van der Waals surface area contributed by atoms with Gasteiger partial charge in [-0.05, 0) is 30.7 Å². The maximum Gasteiger partial charge on any atom is 0.221 e. The Labute approximate surface area is 113 Å². The number of nitrogens with two attached hydrogens (primary N) is 1. The first-order chi connectivity index (χ1) is 9.11. The Bertz CT molecular complexity index is 379. The first kappa shape index (κ1) is 15.5. The van der Waals surface area contributed by atoms with Gasteiger partial charge in [0.2, 0.25) is 5.91 Å². The maximum absolute atomic E-state index is 10.7. The van der Waals surface area contributed by atoms with Gasteiger partial charge in [-0.15, -0.1) is 0 Å². The van der Waals surface area contributed by atoms with Gasteiger partial charge in [0.1, 0.15) is 18.5 Å². The minimum atomic E-state index is -0.531. The Balaban J connectivity index is 2.31. The smallest absolute Gasteiger partial charge is 0.221 e. The van der Waals surface area contributed by atoms with Crippen molar-refractivity contribution in [2.45, 2.75) is 25.9 Å². The lowest BCUT2D eigenvalue weighted by Crippen LogP contribution is -2.31. The molecule has 106 valence electrons. The molecule has 1 aromatic rings. The molecule has 1 unspecified atom stereocenters. The van der Waals surface area contributed by atoms with E-state index in [4.69, 9.17) is 10.5 Å². The molecule has 0 spiro atoms. The maximum atomic E-state index is 10.7. The van der Waals surface area contributed by atoms with Crippen LogP contribution in [0.1, 0.15) is 18.9 Å². The van der Waals surface area contributed by atoms with E-state index in [0.29, 0.717) is 12.3 Å². The second-order valence-corrected chi connectivity index (χ2v) is 4.46. The van der Waals surface area contributed by atoms with Crippen LogP contribution < -0.4 is 15.8 Å². The summed E-state index contributed by atoms with van der Waals surface area (Å²) in [6.45, 7) is 3.72. The summed E-state index contributed by atoms with van der Waals surface area (Å²) in [5, 5.41) is 12.8. The van der Waals surface area contributed by atoms with Gasteiger partial charge in [-0.25, -0.2) is 0 Å². The summed E-state index contributed by atoms with van der Waals surface area (Å²) in [6, 6.07) is 7.12. The fourth-order valence-corrected chi connectivity index (χ4v) is 1.60. The highest BCUT2D eigenvalue weighted by Gasteiger charge is 2.05. The van der Waals surface area contributed by atoms with Gasteiger partial charge in [0, 0.05) is 6.54 Å². The number of hydrogen-bond acceptors (Lipinski definition) is 4. The fraction of sp³-hybridized carbons (Fsp3) is 0.500. The zero-order chi connectivity index (χ0) is 14.1. The van der Waals surface area contributed by atoms with E-state index in [1.165, 1.54) is 0 Å². The lowest BCUT2D eigenvalue weighted by Gasteiger charge is -2.13. The van der Waals surface area contributed by atoms with E-state index in [1.54, 1.807) is 24.3 Å². The Hall–Kier alpha value is -1.59. The number of rotatable bonds is 9.